The lowest BCUT2D eigenvalue weighted by Crippen LogP contribution is -1.91. The molecule has 0 saturated heterocycles. The van der Waals surface area contributed by atoms with Crippen LogP contribution in [-0.4, -0.2) is 9.97 Å². The number of fused-ring (bicyclic) bond motifs is 1. The molecule has 11 heavy (non-hydrogen) atoms. The summed E-state index contributed by atoms with van der Waals surface area (Å²) in [6.07, 6.45) is 7.56. The first-order valence-electron chi connectivity index (χ1n) is 4.14. The molecule has 0 spiro atoms. The van der Waals surface area contributed by atoms with Crippen LogP contribution in [0.15, 0.2) is 6.08 Å². The average molecular weight is 148 g/mol. The van der Waals surface area contributed by atoms with Gasteiger partial charge in [0.05, 0.1) is 5.69 Å². The third-order valence-corrected chi connectivity index (χ3v) is 2.03. The van der Waals surface area contributed by atoms with E-state index in [1.807, 2.05) is 0 Å². The van der Waals surface area contributed by atoms with Gasteiger partial charge in [-0.15, -0.1) is 0 Å². The fourth-order valence-corrected chi connectivity index (χ4v) is 1.40. The molecule has 1 aliphatic carbocycles. The average Bonchev–Trinajstić information content (AvgIpc) is 2.46. The number of hydrogen-bond donors (Lipinski definition) is 1. The molecule has 0 fully saturated rings. The molecular weight excluding hydrogens is 136 g/mol. The van der Waals surface area contributed by atoms with Crippen molar-refractivity contribution in [1.29, 1.82) is 0 Å². The van der Waals surface area contributed by atoms with Crippen molar-refractivity contribution < 1.29 is 0 Å². The number of nitrogens with zero attached hydrogens (tertiary/aromatic N) is 1. The van der Waals surface area contributed by atoms with Crippen LogP contribution >= 0.6 is 0 Å². The minimum absolute atomic E-state index is 1.00. The highest BCUT2D eigenvalue weighted by atomic mass is 14.9. The van der Waals surface area contributed by atoms with Crippen molar-refractivity contribution in [3.05, 3.63) is 23.3 Å². The predicted molar refractivity (Wildman–Crippen MR) is 45.3 cm³/mol. The van der Waals surface area contributed by atoms with E-state index in [0.717, 1.165) is 30.8 Å². The molecule has 0 atom stereocenters. The Morgan fingerprint density at radius 1 is 1.64 bits per heavy atom. The summed E-state index contributed by atoms with van der Waals surface area (Å²) in [6, 6.07) is 0. The van der Waals surface area contributed by atoms with Gasteiger partial charge in [0, 0.05) is 12.1 Å². The van der Waals surface area contributed by atoms with Crippen LogP contribution in [0.3, 0.4) is 0 Å². The SMILES string of the molecule is CCc1nc2c([nH]1)CCC=C2. The largest absolute Gasteiger partial charge is 0.345 e. The molecule has 2 nitrogen and oxygen atoms in total. The number of H-pyrrole nitrogens is 1. The van der Waals surface area contributed by atoms with E-state index in [9.17, 15) is 0 Å². The summed E-state index contributed by atoms with van der Waals surface area (Å²) >= 11 is 0. The summed E-state index contributed by atoms with van der Waals surface area (Å²) in [5, 5.41) is 0. The lowest BCUT2D eigenvalue weighted by atomic mass is 10.1. The van der Waals surface area contributed by atoms with Crippen molar-refractivity contribution >= 4 is 6.08 Å². The normalized spacial score (nSPS) is 15.0. The van der Waals surface area contributed by atoms with Gasteiger partial charge in [-0.05, 0) is 18.9 Å². The first kappa shape index (κ1) is 6.65. The molecule has 0 amide bonds. The first-order valence-corrected chi connectivity index (χ1v) is 4.14. The topological polar surface area (TPSA) is 28.7 Å². The molecule has 1 aliphatic rings. The molecular formula is C9H12N2. The molecule has 0 radical (unpaired) electrons. The number of nitrogens with one attached hydrogen (secondary N) is 1. The summed E-state index contributed by atoms with van der Waals surface area (Å²) in [4.78, 5) is 7.75. The number of hydrogen-bond acceptors (Lipinski definition) is 1. The van der Waals surface area contributed by atoms with Crippen LogP contribution in [0.25, 0.3) is 6.08 Å². The fraction of sp³-hybridized carbons (Fsp3) is 0.444. The van der Waals surface area contributed by atoms with Crippen molar-refractivity contribution in [1.82, 2.24) is 9.97 Å². The van der Waals surface area contributed by atoms with Crippen LogP contribution in [0.4, 0.5) is 0 Å². The summed E-state index contributed by atoms with van der Waals surface area (Å²) in [6.45, 7) is 2.12. The summed E-state index contributed by atoms with van der Waals surface area (Å²) in [5.74, 6) is 1.11. The zero-order valence-corrected chi connectivity index (χ0v) is 6.72. The van der Waals surface area contributed by atoms with Crippen molar-refractivity contribution in [2.75, 3.05) is 0 Å². The number of aryl methyl sites for hydroxylation is 2. The summed E-state index contributed by atoms with van der Waals surface area (Å²) in [5.41, 5.74) is 2.46. The fourth-order valence-electron chi connectivity index (χ4n) is 1.40. The Morgan fingerprint density at radius 2 is 2.55 bits per heavy atom. The molecule has 58 valence electrons. The Balaban J connectivity index is 2.42. The lowest BCUT2D eigenvalue weighted by Gasteiger charge is -2.00. The van der Waals surface area contributed by atoms with Crippen LogP contribution in [0.2, 0.25) is 0 Å². The first-order chi connectivity index (χ1) is 5.40. The summed E-state index contributed by atoms with van der Waals surface area (Å²) < 4.78 is 0. The second-order valence-corrected chi connectivity index (χ2v) is 2.84. The Morgan fingerprint density at radius 3 is 3.27 bits per heavy atom. The number of imidazole rings is 1. The highest BCUT2D eigenvalue weighted by Gasteiger charge is 2.08. The van der Waals surface area contributed by atoms with Crippen LogP contribution in [0.1, 0.15) is 30.6 Å². The van der Waals surface area contributed by atoms with E-state index in [1.165, 1.54) is 5.69 Å². The van der Waals surface area contributed by atoms with E-state index in [4.69, 9.17) is 0 Å². The van der Waals surface area contributed by atoms with Gasteiger partial charge < -0.3 is 4.98 Å². The number of allylic oxidation sites excluding steroid dienone is 1. The van der Waals surface area contributed by atoms with Crippen molar-refractivity contribution in [3.63, 3.8) is 0 Å². The molecule has 1 heterocycles. The zero-order valence-electron chi connectivity index (χ0n) is 6.72. The third-order valence-electron chi connectivity index (χ3n) is 2.03. The number of aromatic nitrogens is 2. The molecule has 1 N–H and O–H groups in total. The van der Waals surface area contributed by atoms with Gasteiger partial charge in [-0.25, -0.2) is 4.98 Å². The lowest BCUT2D eigenvalue weighted by molar-refractivity contribution is 0.921. The Bertz CT molecular complexity index is 284. The van der Waals surface area contributed by atoms with Crippen LogP contribution in [0.5, 0.6) is 0 Å². The van der Waals surface area contributed by atoms with E-state index in [-0.39, 0.29) is 0 Å². The predicted octanol–water partition coefficient (Wildman–Crippen LogP) is 1.93. The van der Waals surface area contributed by atoms with E-state index in [2.05, 4.69) is 29.0 Å². The van der Waals surface area contributed by atoms with Gasteiger partial charge in [0.2, 0.25) is 0 Å². The van der Waals surface area contributed by atoms with Gasteiger partial charge in [0.15, 0.2) is 0 Å². The molecule has 0 saturated carbocycles. The Kier molecular flexibility index (Phi) is 1.53. The zero-order chi connectivity index (χ0) is 7.68. The van der Waals surface area contributed by atoms with E-state index >= 15 is 0 Å². The second-order valence-electron chi connectivity index (χ2n) is 2.84. The standard InChI is InChI=1S/C9H12N2/c1-2-9-10-7-5-3-4-6-8(7)11-9/h3,5H,2,4,6H2,1H3,(H,10,11). The molecule has 2 rings (SSSR count). The molecule has 0 aromatic carbocycles. The quantitative estimate of drug-likeness (QED) is 0.647. The molecule has 2 heteroatoms. The number of rotatable bonds is 1. The van der Waals surface area contributed by atoms with Gasteiger partial charge in [0.1, 0.15) is 5.82 Å². The Hall–Kier alpha value is -1.05. The van der Waals surface area contributed by atoms with Gasteiger partial charge in [-0.2, -0.15) is 0 Å². The van der Waals surface area contributed by atoms with Crippen molar-refractivity contribution in [2.24, 2.45) is 0 Å². The minimum atomic E-state index is 1.00. The maximum atomic E-state index is 4.43. The van der Waals surface area contributed by atoms with Gasteiger partial charge in [-0.1, -0.05) is 13.0 Å². The van der Waals surface area contributed by atoms with Gasteiger partial charge >= 0.3 is 0 Å². The van der Waals surface area contributed by atoms with E-state index < -0.39 is 0 Å². The van der Waals surface area contributed by atoms with Gasteiger partial charge in [-0.3, -0.25) is 0 Å². The Labute approximate surface area is 66.4 Å². The highest BCUT2D eigenvalue weighted by Crippen LogP contribution is 2.16. The molecule has 0 unspecified atom stereocenters. The molecule has 0 bridgehead atoms. The van der Waals surface area contributed by atoms with E-state index in [0.29, 0.717) is 0 Å². The van der Waals surface area contributed by atoms with Crippen LogP contribution in [0, 0.1) is 0 Å². The van der Waals surface area contributed by atoms with Crippen LogP contribution < -0.4 is 0 Å². The molecule has 1 aromatic heterocycles. The maximum Gasteiger partial charge on any atom is 0.106 e. The van der Waals surface area contributed by atoms with Gasteiger partial charge in [0.25, 0.3) is 0 Å². The third kappa shape index (κ3) is 1.09. The molecule has 0 aliphatic heterocycles. The van der Waals surface area contributed by atoms with Crippen molar-refractivity contribution in [2.45, 2.75) is 26.2 Å². The minimum Gasteiger partial charge on any atom is -0.345 e. The highest BCUT2D eigenvalue weighted by molar-refractivity contribution is 5.50. The maximum absolute atomic E-state index is 4.43. The second kappa shape index (κ2) is 2.53. The molecule has 1 aromatic rings. The van der Waals surface area contributed by atoms with Crippen molar-refractivity contribution in [3.8, 4) is 0 Å². The number of aromatic amines is 1. The van der Waals surface area contributed by atoms with Crippen LogP contribution in [-0.2, 0) is 12.8 Å². The monoisotopic (exact) mass is 148 g/mol. The van der Waals surface area contributed by atoms with E-state index in [1.54, 1.807) is 0 Å². The smallest absolute Gasteiger partial charge is 0.106 e. The summed E-state index contributed by atoms with van der Waals surface area (Å²) in [7, 11) is 0.